The molecule has 1 heterocycles. The van der Waals surface area contributed by atoms with E-state index in [2.05, 4.69) is 4.98 Å². The van der Waals surface area contributed by atoms with Crippen LogP contribution in [-0.2, 0) is 16.1 Å². The van der Waals surface area contributed by atoms with Crippen molar-refractivity contribution in [1.29, 1.82) is 0 Å². The van der Waals surface area contributed by atoms with Crippen LogP contribution in [0.2, 0.25) is 0 Å². The quantitative estimate of drug-likeness (QED) is 0.614. The Kier molecular flexibility index (Phi) is 3.88. The van der Waals surface area contributed by atoms with Crippen molar-refractivity contribution in [3.63, 3.8) is 0 Å². The standard InChI is InChI=1S/C9H14N2O2S/c1-3-13-8(12)4-5-11-6-7(2)10-9(11)14/h6H,3-5H2,1-2H3,(H,10,14). The molecule has 0 aliphatic carbocycles. The lowest BCUT2D eigenvalue weighted by molar-refractivity contribution is -0.143. The predicted octanol–water partition coefficient (Wildman–Crippen LogP) is 1.81. The number of nitrogens with one attached hydrogen (secondary N) is 1. The summed E-state index contributed by atoms with van der Waals surface area (Å²) in [7, 11) is 0. The Morgan fingerprint density at radius 1 is 1.71 bits per heavy atom. The lowest BCUT2D eigenvalue weighted by atomic mass is 10.4. The molecule has 0 unspecified atom stereocenters. The van der Waals surface area contributed by atoms with Crippen molar-refractivity contribution in [2.24, 2.45) is 0 Å². The third-order valence-corrected chi connectivity index (χ3v) is 2.11. The number of aromatic amines is 1. The molecule has 1 aromatic heterocycles. The van der Waals surface area contributed by atoms with Gasteiger partial charge in [0.05, 0.1) is 13.0 Å². The van der Waals surface area contributed by atoms with Crippen LogP contribution in [-0.4, -0.2) is 22.1 Å². The van der Waals surface area contributed by atoms with Crippen molar-refractivity contribution in [3.05, 3.63) is 16.7 Å². The van der Waals surface area contributed by atoms with Gasteiger partial charge >= 0.3 is 5.97 Å². The van der Waals surface area contributed by atoms with Crippen LogP contribution >= 0.6 is 12.2 Å². The SMILES string of the molecule is CCOC(=O)CCn1cc(C)[nH]c1=S. The van der Waals surface area contributed by atoms with Crippen LogP contribution in [0.1, 0.15) is 19.0 Å². The minimum atomic E-state index is -0.187. The van der Waals surface area contributed by atoms with Crippen LogP contribution in [0.4, 0.5) is 0 Å². The highest BCUT2D eigenvalue weighted by Gasteiger charge is 2.03. The molecule has 1 rings (SSSR count). The first-order valence-corrected chi connectivity index (χ1v) is 4.96. The first-order valence-electron chi connectivity index (χ1n) is 4.55. The van der Waals surface area contributed by atoms with Gasteiger partial charge in [0, 0.05) is 18.4 Å². The van der Waals surface area contributed by atoms with Crippen molar-refractivity contribution in [2.75, 3.05) is 6.61 Å². The zero-order valence-corrected chi connectivity index (χ0v) is 9.19. The third-order valence-electron chi connectivity index (χ3n) is 1.78. The number of aromatic nitrogens is 2. The topological polar surface area (TPSA) is 47.0 Å². The predicted molar refractivity (Wildman–Crippen MR) is 55.6 cm³/mol. The monoisotopic (exact) mass is 214 g/mol. The normalized spacial score (nSPS) is 10.1. The van der Waals surface area contributed by atoms with Crippen molar-refractivity contribution < 1.29 is 9.53 Å². The molecule has 0 aliphatic rings. The van der Waals surface area contributed by atoms with E-state index in [1.165, 1.54) is 0 Å². The molecule has 0 atom stereocenters. The van der Waals surface area contributed by atoms with Crippen LogP contribution < -0.4 is 0 Å². The summed E-state index contributed by atoms with van der Waals surface area (Å²) in [5.41, 5.74) is 0.999. The van der Waals surface area contributed by atoms with Gasteiger partial charge in [0.2, 0.25) is 0 Å². The van der Waals surface area contributed by atoms with Gasteiger partial charge in [-0.1, -0.05) is 0 Å². The maximum atomic E-state index is 11.1. The van der Waals surface area contributed by atoms with Gasteiger partial charge in [-0.05, 0) is 26.1 Å². The van der Waals surface area contributed by atoms with E-state index in [0.717, 1.165) is 5.69 Å². The smallest absolute Gasteiger partial charge is 0.307 e. The summed E-state index contributed by atoms with van der Waals surface area (Å²) in [5, 5.41) is 0. The number of hydrogen-bond acceptors (Lipinski definition) is 3. The molecule has 0 aromatic carbocycles. The number of rotatable bonds is 4. The average Bonchev–Trinajstić information content (AvgIpc) is 2.42. The highest BCUT2D eigenvalue weighted by molar-refractivity contribution is 7.71. The Balaban J connectivity index is 2.49. The first kappa shape index (κ1) is 11.0. The van der Waals surface area contributed by atoms with E-state index in [1.54, 1.807) is 6.92 Å². The van der Waals surface area contributed by atoms with Crippen molar-refractivity contribution >= 4 is 18.2 Å². The number of esters is 1. The summed E-state index contributed by atoms with van der Waals surface area (Å²) in [5.74, 6) is -0.187. The van der Waals surface area contributed by atoms with Gasteiger partial charge in [0.15, 0.2) is 4.77 Å². The second kappa shape index (κ2) is 4.95. The van der Waals surface area contributed by atoms with Crippen LogP contribution in [0.5, 0.6) is 0 Å². The Hall–Kier alpha value is -1.10. The van der Waals surface area contributed by atoms with E-state index in [9.17, 15) is 4.79 Å². The Morgan fingerprint density at radius 2 is 2.43 bits per heavy atom. The summed E-state index contributed by atoms with van der Waals surface area (Å²) in [4.78, 5) is 14.0. The zero-order chi connectivity index (χ0) is 10.6. The Bertz CT molecular complexity index is 367. The average molecular weight is 214 g/mol. The number of carbonyl (C=O) groups is 1. The second-order valence-corrected chi connectivity index (χ2v) is 3.38. The molecule has 0 radical (unpaired) electrons. The van der Waals surface area contributed by atoms with Crippen LogP contribution in [0.3, 0.4) is 0 Å². The fourth-order valence-corrected chi connectivity index (χ4v) is 1.48. The van der Waals surface area contributed by atoms with Gasteiger partial charge in [0.25, 0.3) is 0 Å². The highest BCUT2D eigenvalue weighted by atomic mass is 32.1. The van der Waals surface area contributed by atoms with E-state index in [4.69, 9.17) is 17.0 Å². The molecule has 0 saturated heterocycles. The number of carbonyl (C=O) groups excluding carboxylic acids is 1. The highest BCUT2D eigenvalue weighted by Crippen LogP contribution is 1.99. The number of nitrogens with zero attached hydrogens (tertiary/aromatic N) is 1. The largest absolute Gasteiger partial charge is 0.466 e. The molecular weight excluding hydrogens is 200 g/mol. The van der Waals surface area contributed by atoms with Crippen LogP contribution in [0.15, 0.2) is 6.20 Å². The lowest BCUT2D eigenvalue weighted by Gasteiger charge is -2.02. The molecule has 1 aromatic rings. The summed E-state index contributed by atoms with van der Waals surface area (Å²) in [6.07, 6.45) is 2.25. The molecule has 0 bridgehead atoms. The summed E-state index contributed by atoms with van der Waals surface area (Å²) < 4.78 is 7.29. The van der Waals surface area contributed by atoms with E-state index in [0.29, 0.717) is 24.3 Å². The van der Waals surface area contributed by atoms with E-state index < -0.39 is 0 Å². The molecule has 4 nitrogen and oxygen atoms in total. The van der Waals surface area contributed by atoms with E-state index in [-0.39, 0.29) is 5.97 Å². The van der Waals surface area contributed by atoms with Gasteiger partial charge in [-0.15, -0.1) is 0 Å². The van der Waals surface area contributed by atoms with Crippen LogP contribution in [0, 0.1) is 11.7 Å². The third kappa shape index (κ3) is 2.99. The molecule has 0 saturated carbocycles. The minimum absolute atomic E-state index is 0.187. The first-order chi connectivity index (χ1) is 6.63. The van der Waals surface area contributed by atoms with Gasteiger partial charge in [0.1, 0.15) is 0 Å². The van der Waals surface area contributed by atoms with Crippen molar-refractivity contribution in [2.45, 2.75) is 26.8 Å². The maximum Gasteiger partial charge on any atom is 0.307 e. The minimum Gasteiger partial charge on any atom is -0.466 e. The molecule has 0 aliphatic heterocycles. The maximum absolute atomic E-state index is 11.1. The van der Waals surface area contributed by atoms with Gasteiger partial charge in [-0.2, -0.15) is 0 Å². The van der Waals surface area contributed by atoms with Gasteiger partial charge < -0.3 is 14.3 Å². The zero-order valence-electron chi connectivity index (χ0n) is 8.37. The summed E-state index contributed by atoms with van der Waals surface area (Å²) in [6, 6.07) is 0. The second-order valence-electron chi connectivity index (χ2n) is 2.99. The number of aryl methyl sites for hydroxylation is 2. The molecule has 0 spiro atoms. The fraction of sp³-hybridized carbons (Fsp3) is 0.556. The van der Waals surface area contributed by atoms with Gasteiger partial charge in [-0.3, -0.25) is 4.79 Å². The van der Waals surface area contributed by atoms with Gasteiger partial charge in [-0.25, -0.2) is 0 Å². The molecule has 0 amide bonds. The molecular formula is C9H14N2O2S. The van der Waals surface area contributed by atoms with E-state index in [1.807, 2.05) is 17.7 Å². The number of imidazole rings is 1. The summed E-state index contributed by atoms with van der Waals surface area (Å²) in [6.45, 7) is 4.72. The molecule has 14 heavy (non-hydrogen) atoms. The summed E-state index contributed by atoms with van der Waals surface area (Å²) >= 11 is 5.04. The van der Waals surface area contributed by atoms with Crippen LogP contribution in [0.25, 0.3) is 0 Å². The van der Waals surface area contributed by atoms with E-state index >= 15 is 0 Å². The molecule has 5 heteroatoms. The molecule has 0 fully saturated rings. The molecule has 78 valence electrons. The number of hydrogen-bond donors (Lipinski definition) is 1. The Labute approximate surface area is 87.9 Å². The molecule has 1 N–H and O–H groups in total. The van der Waals surface area contributed by atoms with Crippen molar-refractivity contribution in [1.82, 2.24) is 9.55 Å². The van der Waals surface area contributed by atoms with Crippen molar-refractivity contribution in [3.8, 4) is 0 Å². The number of H-pyrrole nitrogens is 1. The Morgan fingerprint density at radius 3 is 2.93 bits per heavy atom. The lowest BCUT2D eigenvalue weighted by Crippen LogP contribution is -2.08. The number of ether oxygens (including phenoxy) is 1. The fourth-order valence-electron chi connectivity index (χ4n) is 1.18.